The van der Waals surface area contributed by atoms with Crippen LogP contribution < -0.4 is 11.1 Å². The molecule has 1 aliphatic carbocycles. The highest BCUT2D eigenvalue weighted by Gasteiger charge is 2.30. The average molecular weight is 219 g/mol. The summed E-state index contributed by atoms with van der Waals surface area (Å²) in [4.78, 5) is 0. The normalized spacial score (nSPS) is 16.6. The van der Waals surface area contributed by atoms with Gasteiger partial charge in [-0.1, -0.05) is 0 Å². The molecule has 1 atom stereocenters. The maximum atomic E-state index is 13.6. The summed E-state index contributed by atoms with van der Waals surface area (Å²) in [6.45, 7) is 0.504. The number of rotatable bonds is 4. The zero-order valence-electron chi connectivity index (χ0n) is 8.91. The van der Waals surface area contributed by atoms with E-state index >= 15 is 0 Å². The summed E-state index contributed by atoms with van der Waals surface area (Å²) in [5, 5.41) is 11.7. The van der Waals surface area contributed by atoms with Gasteiger partial charge < -0.3 is 11.1 Å². The number of halogens is 1. The molecule has 1 aromatic carbocycles. The molecule has 1 fully saturated rings. The van der Waals surface area contributed by atoms with Crippen molar-refractivity contribution in [1.29, 1.82) is 5.26 Å². The predicted molar refractivity (Wildman–Crippen MR) is 60.3 cm³/mol. The van der Waals surface area contributed by atoms with Gasteiger partial charge in [-0.2, -0.15) is 5.26 Å². The van der Waals surface area contributed by atoms with Crippen molar-refractivity contribution in [1.82, 2.24) is 0 Å². The summed E-state index contributed by atoms with van der Waals surface area (Å²) in [7, 11) is 0. The second kappa shape index (κ2) is 4.50. The standard InChI is InChI=1S/C12H14FN3/c13-10-5-8(6-14)1-4-11(10)16-12(7-15)9-2-3-9/h1,4-5,9,12,16H,2-3,7,15H2. The Hall–Kier alpha value is -1.60. The van der Waals surface area contributed by atoms with E-state index in [1.807, 2.05) is 6.07 Å². The Kier molecular flexibility index (Phi) is 3.07. The molecular weight excluding hydrogens is 205 g/mol. The zero-order chi connectivity index (χ0) is 11.5. The lowest BCUT2D eigenvalue weighted by Gasteiger charge is -2.17. The van der Waals surface area contributed by atoms with E-state index in [9.17, 15) is 4.39 Å². The van der Waals surface area contributed by atoms with Crippen LogP contribution >= 0.6 is 0 Å². The van der Waals surface area contributed by atoms with Gasteiger partial charge in [-0.25, -0.2) is 4.39 Å². The highest BCUT2D eigenvalue weighted by atomic mass is 19.1. The Morgan fingerprint density at radius 3 is 2.81 bits per heavy atom. The van der Waals surface area contributed by atoms with Gasteiger partial charge in [-0.3, -0.25) is 0 Å². The number of nitriles is 1. The van der Waals surface area contributed by atoms with Crippen molar-refractivity contribution in [3.8, 4) is 6.07 Å². The fraction of sp³-hybridized carbons (Fsp3) is 0.417. The number of hydrogen-bond acceptors (Lipinski definition) is 3. The molecule has 3 N–H and O–H groups in total. The Morgan fingerprint density at radius 2 is 2.31 bits per heavy atom. The molecule has 0 bridgehead atoms. The van der Waals surface area contributed by atoms with Gasteiger partial charge in [0.15, 0.2) is 0 Å². The first-order chi connectivity index (χ1) is 7.74. The minimum atomic E-state index is -0.391. The Labute approximate surface area is 94.1 Å². The van der Waals surface area contributed by atoms with E-state index in [4.69, 9.17) is 11.0 Å². The number of anilines is 1. The lowest BCUT2D eigenvalue weighted by Crippen LogP contribution is -2.31. The molecule has 16 heavy (non-hydrogen) atoms. The largest absolute Gasteiger partial charge is 0.378 e. The number of benzene rings is 1. The van der Waals surface area contributed by atoms with Crippen molar-refractivity contribution in [3.63, 3.8) is 0 Å². The summed E-state index contributed by atoms with van der Waals surface area (Å²) in [6.07, 6.45) is 2.32. The molecular formula is C12H14FN3. The summed E-state index contributed by atoms with van der Waals surface area (Å²) in [5.74, 6) is 0.179. The molecule has 0 radical (unpaired) electrons. The van der Waals surface area contributed by atoms with Gasteiger partial charge in [-0.15, -0.1) is 0 Å². The average Bonchev–Trinajstić information content (AvgIpc) is 3.11. The quantitative estimate of drug-likeness (QED) is 0.812. The first-order valence-electron chi connectivity index (χ1n) is 5.41. The van der Waals surface area contributed by atoms with E-state index in [1.165, 1.54) is 6.07 Å². The SMILES string of the molecule is N#Cc1ccc(NC(CN)C2CC2)c(F)c1. The van der Waals surface area contributed by atoms with Crippen LogP contribution in [-0.2, 0) is 0 Å². The smallest absolute Gasteiger partial charge is 0.147 e. The molecule has 2 rings (SSSR count). The minimum Gasteiger partial charge on any atom is -0.378 e. The molecule has 1 saturated carbocycles. The van der Waals surface area contributed by atoms with Gasteiger partial charge in [0, 0.05) is 12.6 Å². The Bertz CT molecular complexity index is 421. The molecule has 1 unspecified atom stereocenters. The first-order valence-corrected chi connectivity index (χ1v) is 5.41. The van der Waals surface area contributed by atoms with Gasteiger partial charge in [0.1, 0.15) is 5.82 Å². The van der Waals surface area contributed by atoms with Crippen LogP contribution in [0.5, 0.6) is 0 Å². The van der Waals surface area contributed by atoms with Crippen LogP contribution in [0.25, 0.3) is 0 Å². The number of hydrogen-bond donors (Lipinski definition) is 2. The van der Waals surface area contributed by atoms with Crippen molar-refractivity contribution in [3.05, 3.63) is 29.6 Å². The van der Waals surface area contributed by atoms with Crippen molar-refractivity contribution < 1.29 is 4.39 Å². The highest BCUT2D eigenvalue weighted by molar-refractivity contribution is 5.49. The van der Waals surface area contributed by atoms with E-state index in [-0.39, 0.29) is 6.04 Å². The Balaban J connectivity index is 2.11. The number of nitrogens with zero attached hydrogens (tertiary/aromatic N) is 1. The third-order valence-corrected chi connectivity index (χ3v) is 2.88. The van der Waals surface area contributed by atoms with E-state index in [0.29, 0.717) is 23.7 Å². The van der Waals surface area contributed by atoms with E-state index in [0.717, 1.165) is 12.8 Å². The topological polar surface area (TPSA) is 61.8 Å². The van der Waals surface area contributed by atoms with Crippen LogP contribution in [0, 0.1) is 23.1 Å². The monoisotopic (exact) mass is 219 g/mol. The highest BCUT2D eigenvalue weighted by Crippen LogP contribution is 2.34. The molecule has 0 heterocycles. The fourth-order valence-electron chi connectivity index (χ4n) is 1.77. The molecule has 84 valence electrons. The molecule has 3 nitrogen and oxygen atoms in total. The molecule has 4 heteroatoms. The minimum absolute atomic E-state index is 0.141. The fourth-order valence-corrected chi connectivity index (χ4v) is 1.77. The molecule has 0 aliphatic heterocycles. The molecule has 0 aromatic heterocycles. The molecule has 1 aliphatic rings. The van der Waals surface area contributed by atoms with Crippen molar-refractivity contribution in [2.24, 2.45) is 11.7 Å². The van der Waals surface area contributed by atoms with Crippen molar-refractivity contribution in [2.45, 2.75) is 18.9 Å². The zero-order valence-corrected chi connectivity index (χ0v) is 8.91. The van der Waals surface area contributed by atoms with E-state index < -0.39 is 5.82 Å². The van der Waals surface area contributed by atoms with Crippen molar-refractivity contribution in [2.75, 3.05) is 11.9 Å². The third kappa shape index (κ3) is 2.31. The molecule has 0 saturated heterocycles. The maximum absolute atomic E-state index is 13.6. The summed E-state index contributed by atoms with van der Waals surface area (Å²) < 4.78 is 13.6. The van der Waals surface area contributed by atoms with E-state index in [2.05, 4.69) is 5.32 Å². The number of nitrogens with two attached hydrogens (primary N) is 1. The van der Waals surface area contributed by atoms with Gasteiger partial charge in [-0.05, 0) is 37.0 Å². The van der Waals surface area contributed by atoms with Gasteiger partial charge >= 0.3 is 0 Å². The summed E-state index contributed by atoms with van der Waals surface area (Å²) >= 11 is 0. The van der Waals surface area contributed by atoms with E-state index in [1.54, 1.807) is 12.1 Å². The first kappa shape index (κ1) is 10.9. The summed E-state index contributed by atoms with van der Waals surface area (Å²) in [6, 6.07) is 6.48. The molecule has 1 aromatic rings. The molecule has 0 amide bonds. The second-order valence-corrected chi connectivity index (χ2v) is 4.13. The maximum Gasteiger partial charge on any atom is 0.147 e. The lowest BCUT2D eigenvalue weighted by molar-refractivity contribution is 0.608. The van der Waals surface area contributed by atoms with Crippen LogP contribution in [0.1, 0.15) is 18.4 Å². The van der Waals surface area contributed by atoms with Crippen LogP contribution in [0.3, 0.4) is 0 Å². The van der Waals surface area contributed by atoms with Gasteiger partial charge in [0.25, 0.3) is 0 Å². The van der Waals surface area contributed by atoms with Crippen LogP contribution in [0.4, 0.5) is 10.1 Å². The van der Waals surface area contributed by atoms with Crippen LogP contribution in [0.2, 0.25) is 0 Å². The lowest BCUT2D eigenvalue weighted by atomic mass is 10.1. The van der Waals surface area contributed by atoms with Crippen LogP contribution in [0.15, 0.2) is 18.2 Å². The predicted octanol–water partition coefficient (Wildman–Crippen LogP) is 1.85. The van der Waals surface area contributed by atoms with Gasteiger partial charge in [0.2, 0.25) is 0 Å². The van der Waals surface area contributed by atoms with Crippen LogP contribution in [-0.4, -0.2) is 12.6 Å². The number of nitrogens with one attached hydrogen (secondary N) is 1. The van der Waals surface area contributed by atoms with Gasteiger partial charge in [0.05, 0.1) is 17.3 Å². The summed E-state index contributed by atoms with van der Waals surface area (Å²) in [5.41, 5.74) is 6.39. The van der Waals surface area contributed by atoms with Crippen molar-refractivity contribution >= 4 is 5.69 Å². The Morgan fingerprint density at radius 1 is 1.56 bits per heavy atom. The third-order valence-electron chi connectivity index (χ3n) is 2.88. The molecule has 0 spiro atoms. The second-order valence-electron chi connectivity index (χ2n) is 4.13.